The normalized spacial score (nSPS) is 11.7. The molecule has 0 radical (unpaired) electrons. The molecule has 0 atom stereocenters. The highest BCUT2D eigenvalue weighted by atomic mass is 15.3. The molecule has 1 aromatic carbocycles. The molecule has 1 N–H and O–H groups in total. The van der Waals surface area contributed by atoms with Crippen molar-refractivity contribution in [2.24, 2.45) is 0 Å². The van der Waals surface area contributed by atoms with Crippen LogP contribution in [0.3, 0.4) is 0 Å². The number of benzene rings is 1. The van der Waals surface area contributed by atoms with Gasteiger partial charge in [-0.05, 0) is 44.0 Å². The summed E-state index contributed by atoms with van der Waals surface area (Å²) in [6, 6.07) is 10.4. The van der Waals surface area contributed by atoms with Crippen LogP contribution in [-0.4, -0.2) is 15.3 Å². The van der Waals surface area contributed by atoms with Crippen LogP contribution >= 0.6 is 0 Å². The molecule has 0 amide bonds. The van der Waals surface area contributed by atoms with Gasteiger partial charge in [0.05, 0.1) is 5.69 Å². The highest BCUT2D eigenvalue weighted by Crippen LogP contribution is 2.11. The molecule has 0 spiro atoms. The Bertz CT molecular complexity index is 469. The predicted molar refractivity (Wildman–Crippen MR) is 74.8 cm³/mol. The van der Waals surface area contributed by atoms with Gasteiger partial charge in [0.15, 0.2) is 0 Å². The standard InChI is InChI=1S/C15H21N3/c1-4-15(2,3)16-12-13-6-8-14(9-7-13)18-11-5-10-17-18/h5-11,16H,4,12H2,1-3H3. The van der Waals surface area contributed by atoms with Gasteiger partial charge in [-0.2, -0.15) is 5.10 Å². The molecule has 0 aliphatic rings. The number of hydrogen-bond acceptors (Lipinski definition) is 2. The van der Waals surface area contributed by atoms with E-state index in [0.717, 1.165) is 18.7 Å². The zero-order valence-corrected chi connectivity index (χ0v) is 11.4. The van der Waals surface area contributed by atoms with Crippen molar-refractivity contribution >= 4 is 0 Å². The maximum atomic E-state index is 4.22. The molecule has 1 heterocycles. The van der Waals surface area contributed by atoms with E-state index in [9.17, 15) is 0 Å². The van der Waals surface area contributed by atoms with E-state index in [4.69, 9.17) is 0 Å². The average Bonchev–Trinajstić information content (AvgIpc) is 2.91. The first-order chi connectivity index (χ1) is 8.61. The fourth-order valence-electron chi connectivity index (χ4n) is 1.65. The van der Waals surface area contributed by atoms with E-state index in [2.05, 4.69) is 55.5 Å². The van der Waals surface area contributed by atoms with Crippen molar-refractivity contribution in [1.82, 2.24) is 15.1 Å². The third-order valence-electron chi connectivity index (χ3n) is 3.36. The Hall–Kier alpha value is -1.61. The number of aromatic nitrogens is 2. The summed E-state index contributed by atoms with van der Waals surface area (Å²) in [4.78, 5) is 0. The molecule has 0 aliphatic heterocycles. The van der Waals surface area contributed by atoms with Gasteiger partial charge in [0.2, 0.25) is 0 Å². The largest absolute Gasteiger partial charge is 0.308 e. The number of nitrogens with one attached hydrogen (secondary N) is 1. The van der Waals surface area contributed by atoms with E-state index in [1.54, 1.807) is 6.20 Å². The molecule has 18 heavy (non-hydrogen) atoms. The monoisotopic (exact) mass is 243 g/mol. The number of hydrogen-bond donors (Lipinski definition) is 1. The molecule has 0 aliphatic carbocycles. The topological polar surface area (TPSA) is 29.9 Å². The van der Waals surface area contributed by atoms with E-state index < -0.39 is 0 Å². The molecule has 0 fully saturated rings. The Labute approximate surface area is 109 Å². The summed E-state index contributed by atoms with van der Waals surface area (Å²) in [5.74, 6) is 0. The fourth-order valence-corrected chi connectivity index (χ4v) is 1.65. The summed E-state index contributed by atoms with van der Waals surface area (Å²) in [5, 5.41) is 7.77. The molecule has 3 nitrogen and oxygen atoms in total. The molecule has 0 saturated carbocycles. The first-order valence-electron chi connectivity index (χ1n) is 6.45. The van der Waals surface area contributed by atoms with Gasteiger partial charge in [0, 0.05) is 24.5 Å². The Kier molecular flexibility index (Phi) is 3.82. The van der Waals surface area contributed by atoms with Crippen LogP contribution in [0.2, 0.25) is 0 Å². The van der Waals surface area contributed by atoms with E-state index in [0.29, 0.717) is 0 Å². The Morgan fingerprint density at radius 1 is 1.22 bits per heavy atom. The zero-order valence-electron chi connectivity index (χ0n) is 11.4. The summed E-state index contributed by atoms with van der Waals surface area (Å²) in [7, 11) is 0. The molecule has 0 saturated heterocycles. The molecule has 2 aromatic rings. The zero-order chi connectivity index (χ0) is 13.0. The lowest BCUT2D eigenvalue weighted by Crippen LogP contribution is -2.37. The van der Waals surface area contributed by atoms with Gasteiger partial charge in [-0.25, -0.2) is 4.68 Å². The summed E-state index contributed by atoms with van der Waals surface area (Å²) in [5.41, 5.74) is 2.59. The predicted octanol–water partition coefficient (Wildman–Crippen LogP) is 3.15. The van der Waals surface area contributed by atoms with Crippen LogP contribution in [0.15, 0.2) is 42.7 Å². The Balaban J connectivity index is 2.00. The second kappa shape index (κ2) is 5.36. The van der Waals surface area contributed by atoms with Crippen LogP contribution in [0.25, 0.3) is 5.69 Å². The minimum absolute atomic E-state index is 0.195. The van der Waals surface area contributed by atoms with Gasteiger partial charge >= 0.3 is 0 Å². The average molecular weight is 243 g/mol. The van der Waals surface area contributed by atoms with Crippen LogP contribution in [0.5, 0.6) is 0 Å². The number of nitrogens with zero attached hydrogens (tertiary/aromatic N) is 2. The van der Waals surface area contributed by atoms with Crippen molar-refractivity contribution in [3.63, 3.8) is 0 Å². The van der Waals surface area contributed by atoms with Crippen molar-refractivity contribution in [3.05, 3.63) is 48.3 Å². The third-order valence-corrected chi connectivity index (χ3v) is 3.36. The molecule has 96 valence electrons. The second-order valence-electron chi connectivity index (χ2n) is 5.21. The van der Waals surface area contributed by atoms with Gasteiger partial charge in [-0.15, -0.1) is 0 Å². The van der Waals surface area contributed by atoms with Crippen molar-refractivity contribution in [2.45, 2.75) is 39.3 Å². The van der Waals surface area contributed by atoms with E-state index in [-0.39, 0.29) is 5.54 Å². The first kappa shape index (κ1) is 12.8. The smallest absolute Gasteiger partial charge is 0.0645 e. The van der Waals surface area contributed by atoms with Gasteiger partial charge in [-0.3, -0.25) is 0 Å². The van der Waals surface area contributed by atoms with Gasteiger partial charge in [0.1, 0.15) is 0 Å². The SMILES string of the molecule is CCC(C)(C)NCc1ccc(-n2cccn2)cc1. The van der Waals surface area contributed by atoms with Gasteiger partial charge in [0.25, 0.3) is 0 Å². The van der Waals surface area contributed by atoms with Crippen molar-refractivity contribution < 1.29 is 0 Å². The molecular weight excluding hydrogens is 222 g/mol. The van der Waals surface area contributed by atoms with Gasteiger partial charge < -0.3 is 5.32 Å². The highest BCUT2D eigenvalue weighted by Gasteiger charge is 2.13. The van der Waals surface area contributed by atoms with Crippen molar-refractivity contribution in [2.75, 3.05) is 0 Å². The molecule has 0 bridgehead atoms. The minimum atomic E-state index is 0.195. The van der Waals surface area contributed by atoms with E-state index in [1.165, 1.54) is 5.56 Å². The molecule has 1 aromatic heterocycles. The molecular formula is C15H21N3. The fraction of sp³-hybridized carbons (Fsp3) is 0.400. The van der Waals surface area contributed by atoms with Crippen molar-refractivity contribution in [1.29, 1.82) is 0 Å². The third kappa shape index (κ3) is 3.20. The van der Waals surface area contributed by atoms with Crippen LogP contribution in [0.4, 0.5) is 0 Å². The summed E-state index contributed by atoms with van der Waals surface area (Å²) < 4.78 is 1.87. The van der Waals surface area contributed by atoms with Crippen LogP contribution in [0, 0.1) is 0 Å². The Morgan fingerprint density at radius 2 is 1.94 bits per heavy atom. The first-order valence-corrected chi connectivity index (χ1v) is 6.45. The summed E-state index contributed by atoms with van der Waals surface area (Å²) in [6.45, 7) is 7.56. The summed E-state index contributed by atoms with van der Waals surface area (Å²) >= 11 is 0. The van der Waals surface area contributed by atoms with Gasteiger partial charge in [-0.1, -0.05) is 19.1 Å². The molecule has 0 unspecified atom stereocenters. The quantitative estimate of drug-likeness (QED) is 0.874. The lowest BCUT2D eigenvalue weighted by Gasteiger charge is -2.24. The van der Waals surface area contributed by atoms with E-state index in [1.807, 2.05) is 16.9 Å². The van der Waals surface area contributed by atoms with E-state index >= 15 is 0 Å². The highest BCUT2D eigenvalue weighted by molar-refractivity contribution is 5.33. The number of rotatable bonds is 5. The lowest BCUT2D eigenvalue weighted by molar-refractivity contribution is 0.374. The van der Waals surface area contributed by atoms with Crippen LogP contribution in [0.1, 0.15) is 32.8 Å². The summed E-state index contributed by atoms with van der Waals surface area (Å²) in [6.07, 6.45) is 4.87. The maximum absolute atomic E-state index is 4.22. The molecule has 2 rings (SSSR count). The minimum Gasteiger partial charge on any atom is -0.308 e. The maximum Gasteiger partial charge on any atom is 0.0645 e. The molecule has 3 heteroatoms. The van der Waals surface area contributed by atoms with Crippen molar-refractivity contribution in [3.8, 4) is 5.69 Å². The van der Waals surface area contributed by atoms with Crippen LogP contribution in [-0.2, 0) is 6.54 Å². The Morgan fingerprint density at radius 3 is 2.50 bits per heavy atom. The second-order valence-corrected chi connectivity index (χ2v) is 5.21. The lowest BCUT2D eigenvalue weighted by atomic mass is 10.0. The van der Waals surface area contributed by atoms with Crippen LogP contribution < -0.4 is 5.32 Å².